The predicted molar refractivity (Wildman–Crippen MR) is 80.9 cm³/mol. The first-order valence-corrected chi connectivity index (χ1v) is 7.65. The Bertz CT molecular complexity index is 723. The van der Waals surface area contributed by atoms with E-state index in [0.29, 0.717) is 30.0 Å². The van der Waals surface area contributed by atoms with Gasteiger partial charge in [0.15, 0.2) is 0 Å². The van der Waals surface area contributed by atoms with Crippen molar-refractivity contribution < 1.29 is 27.4 Å². The van der Waals surface area contributed by atoms with Gasteiger partial charge in [0.2, 0.25) is 0 Å². The number of hydrogen-bond acceptors (Lipinski definition) is 3. The molecule has 1 aromatic carbocycles. The molecule has 1 aliphatic rings. The lowest BCUT2D eigenvalue weighted by atomic mass is 10.2. The fourth-order valence-corrected chi connectivity index (χ4v) is 2.29. The summed E-state index contributed by atoms with van der Waals surface area (Å²) in [7, 11) is 0. The Kier molecular flexibility index (Phi) is 4.66. The number of H-pyrrole nitrogens is 1. The predicted octanol–water partition coefficient (Wildman–Crippen LogP) is 3.22. The summed E-state index contributed by atoms with van der Waals surface area (Å²) < 4.78 is 45.9. The molecule has 0 aliphatic heterocycles. The zero-order valence-electron chi connectivity index (χ0n) is 12.8. The van der Waals surface area contributed by atoms with Gasteiger partial charge in [-0.15, -0.1) is 13.2 Å². The first-order chi connectivity index (χ1) is 11.4. The summed E-state index contributed by atoms with van der Waals surface area (Å²) in [6.07, 6.45) is -2.33. The van der Waals surface area contributed by atoms with E-state index in [4.69, 9.17) is 4.74 Å². The number of aromatic nitrogens is 1. The van der Waals surface area contributed by atoms with Gasteiger partial charge in [0.05, 0.1) is 6.61 Å². The molecule has 3 rings (SSSR count). The van der Waals surface area contributed by atoms with Crippen molar-refractivity contribution in [1.29, 1.82) is 0 Å². The van der Waals surface area contributed by atoms with E-state index in [1.807, 2.05) is 0 Å². The first-order valence-electron chi connectivity index (χ1n) is 7.65. The Morgan fingerprint density at radius 3 is 2.79 bits per heavy atom. The maximum absolute atomic E-state index is 12.2. The highest BCUT2D eigenvalue weighted by molar-refractivity contribution is 5.98. The van der Waals surface area contributed by atoms with Crippen LogP contribution < -0.4 is 10.1 Å². The molecule has 0 saturated heterocycles. The Labute approximate surface area is 136 Å². The molecule has 0 radical (unpaired) electrons. The summed E-state index contributed by atoms with van der Waals surface area (Å²) in [6.45, 7) is 1.54. The van der Waals surface area contributed by atoms with Crippen LogP contribution in [-0.4, -0.2) is 37.0 Å². The number of carbonyl (C=O) groups is 1. The van der Waals surface area contributed by atoms with Crippen LogP contribution in [0.4, 0.5) is 13.2 Å². The zero-order valence-corrected chi connectivity index (χ0v) is 12.8. The van der Waals surface area contributed by atoms with E-state index in [0.717, 1.165) is 6.61 Å². The maximum Gasteiger partial charge on any atom is 0.573 e. The van der Waals surface area contributed by atoms with Gasteiger partial charge >= 0.3 is 6.36 Å². The van der Waals surface area contributed by atoms with Crippen LogP contribution in [0, 0.1) is 5.92 Å². The lowest BCUT2D eigenvalue weighted by Crippen LogP contribution is -2.27. The third-order valence-electron chi connectivity index (χ3n) is 3.65. The number of fused-ring (bicyclic) bond motifs is 1. The fraction of sp³-hybridized carbons (Fsp3) is 0.438. The van der Waals surface area contributed by atoms with Crippen molar-refractivity contribution in [2.24, 2.45) is 5.92 Å². The number of nitrogens with one attached hydrogen (secondary N) is 2. The maximum atomic E-state index is 12.2. The number of aromatic amines is 1. The minimum atomic E-state index is -4.75. The third kappa shape index (κ3) is 4.64. The Hall–Kier alpha value is -2.22. The van der Waals surface area contributed by atoms with Crippen molar-refractivity contribution in [3.05, 3.63) is 30.0 Å². The zero-order chi connectivity index (χ0) is 17.2. The number of amides is 1. The monoisotopic (exact) mass is 342 g/mol. The van der Waals surface area contributed by atoms with Crippen LogP contribution in [0.3, 0.4) is 0 Å². The van der Waals surface area contributed by atoms with E-state index in [-0.39, 0.29) is 17.4 Å². The topological polar surface area (TPSA) is 63.4 Å². The molecule has 1 saturated carbocycles. The molecule has 1 aromatic heterocycles. The minimum absolute atomic E-state index is 0.274. The van der Waals surface area contributed by atoms with E-state index in [1.165, 1.54) is 31.0 Å². The number of halogens is 3. The van der Waals surface area contributed by atoms with Gasteiger partial charge in [0.25, 0.3) is 5.91 Å². The number of alkyl halides is 3. The van der Waals surface area contributed by atoms with Crippen LogP contribution in [0.5, 0.6) is 5.75 Å². The second-order valence-electron chi connectivity index (χ2n) is 5.75. The van der Waals surface area contributed by atoms with E-state index < -0.39 is 6.36 Å². The lowest BCUT2D eigenvalue weighted by Gasteiger charge is -2.08. The van der Waals surface area contributed by atoms with Gasteiger partial charge in [-0.2, -0.15) is 0 Å². The second-order valence-corrected chi connectivity index (χ2v) is 5.75. The summed E-state index contributed by atoms with van der Waals surface area (Å²) in [5.41, 5.74) is 0.670. The molecule has 5 nitrogen and oxygen atoms in total. The van der Waals surface area contributed by atoms with Crippen LogP contribution in [0.25, 0.3) is 10.9 Å². The number of ether oxygens (including phenoxy) is 2. The SMILES string of the molecule is O=C(NCCOCC1CC1)c1cc2ccc(OC(F)(F)F)cc2[nH]1. The molecule has 130 valence electrons. The highest BCUT2D eigenvalue weighted by atomic mass is 19.4. The van der Waals surface area contributed by atoms with E-state index in [1.54, 1.807) is 6.07 Å². The van der Waals surface area contributed by atoms with Crippen molar-refractivity contribution in [3.63, 3.8) is 0 Å². The van der Waals surface area contributed by atoms with Gasteiger partial charge in [0, 0.05) is 30.1 Å². The van der Waals surface area contributed by atoms with Gasteiger partial charge in [-0.3, -0.25) is 4.79 Å². The summed E-state index contributed by atoms with van der Waals surface area (Å²) >= 11 is 0. The van der Waals surface area contributed by atoms with Gasteiger partial charge in [-0.05, 0) is 37.0 Å². The number of benzene rings is 1. The van der Waals surface area contributed by atoms with Crippen molar-refractivity contribution in [1.82, 2.24) is 10.3 Å². The minimum Gasteiger partial charge on any atom is -0.406 e. The Morgan fingerprint density at radius 2 is 2.08 bits per heavy atom. The van der Waals surface area contributed by atoms with Crippen LogP contribution in [-0.2, 0) is 4.74 Å². The van der Waals surface area contributed by atoms with Crippen LogP contribution in [0.2, 0.25) is 0 Å². The molecule has 1 heterocycles. The van der Waals surface area contributed by atoms with Crippen LogP contribution >= 0.6 is 0 Å². The first kappa shape index (κ1) is 16.6. The number of rotatable bonds is 7. The molecule has 0 bridgehead atoms. The Balaban J connectivity index is 1.56. The normalized spacial score (nSPS) is 14.8. The number of carbonyl (C=O) groups excluding carboxylic acids is 1. The highest BCUT2D eigenvalue weighted by Crippen LogP contribution is 2.28. The summed E-state index contributed by atoms with van der Waals surface area (Å²) in [6, 6.07) is 5.45. The molecule has 8 heteroatoms. The molecular formula is C16H17F3N2O3. The van der Waals surface area contributed by atoms with E-state index in [9.17, 15) is 18.0 Å². The van der Waals surface area contributed by atoms with E-state index in [2.05, 4.69) is 15.0 Å². The average molecular weight is 342 g/mol. The van der Waals surface area contributed by atoms with Crippen LogP contribution in [0.1, 0.15) is 23.3 Å². The standard InChI is InChI=1S/C16H17F3N2O3/c17-16(18,19)24-12-4-3-11-7-14(21-13(11)8-12)15(22)20-5-6-23-9-10-1-2-10/h3-4,7-8,10,21H,1-2,5-6,9H2,(H,20,22). The fourth-order valence-electron chi connectivity index (χ4n) is 2.29. The lowest BCUT2D eigenvalue weighted by molar-refractivity contribution is -0.274. The average Bonchev–Trinajstić information content (AvgIpc) is 3.22. The summed E-state index contributed by atoms with van der Waals surface area (Å²) in [5.74, 6) is -0.000633. The molecular weight excluding hydrogens is 325 g/mol. The van der Waals surface area contributed by atoms with Crippen molar-refractivity contribution in [2.75, 3.05) is 19.8 Å². The van der Waals surface area contributed by atoms with Crippen molar-refractivity contribution in [3.8, 4) is 5.75 Å². The molecule has 24 heavy (non-hydrogen) atoms. The molecule has 0 spiro atoms. The summed E-state index contributed by atoms with van der Waals surface area (Å²) in [5, 5.41) is 3.33. The van der Waals surface area contributed by atoms with Gasteiger partial charge in [-0.1, -0.05) is 0 Å². The van der Waals surface area contributed by atoms with Crippen molar-refractivity contribution >= 4 is 16.8 Å². The molecule has 2 aromatic rings. The quantitative estimate of drug-likeness (QED) is 0.760. The molecule has 1 fully saturated rings. The third-order valence-corrected chi connectivity index (χ3v) is 3.65. The van der Waals surface area contributed by atoms with Gasteiger partial charge < -0.3 is 19.8 Å². The molecule has 1 aliphatic carbocycles. The second kappa shape index (κ2) is 6.72. The molecule has 2 N–H and O–H groups in total. The summed E-state index contributed by atoms with van der Waals surface area (Å²) in [4.78, 5) is 14.8. The molecule has 0 atom stereocenters. The molecule has 0 unspecified atom stereocenters. The number of hydrogen-bond donors (Lipinski definition) is 2. The Morgan fingerprint density at radius 1 is 1.29 bits per heavy atom. The smallest absolute Gasteiger partial charge is 0.406 e. The highest BCUT2D eigenvalue weighted by Gasteiger charge is 2.31. The largest absolute Gasteiger partial charge is 0.573 e. The van der Waals surface area contributed by atoms with Crippen LogP contribution in [0.15, 0.2) is 24.3 Å². The van der Waals surface area contributed by atoms with Gasteiger partial charge in [0.1, 0.15) is 11.4 Å². The molecule has 1 amide bonds. The van der Waals surface area contributed by atoms with Gasteiger partial charge in [-0.25, -0.2) is 0 Å². The van der Waals surface area contributed by atoms with E-state index >= 15 is 0 Å². The van der Waals surface area contributed by atoms with Crippen molar-refractivity contribution in [2.45, 2.75) is 19.2 Å².